The van der Waals surface area contributed by atoms with Crippen LogP contribution in [0.3, 0.4) is 0 Å². The van der Waals surface area contributed by atoms with Crippen LogP contribution in [0.1, 0.15) is 30.9 Å². The van der Waals surface area contributed by atoms with Gasteiger partial charge in [0, 0.05) is 25.7 Å². The van der Waals surface area contributed by atoms with Crippen LogP contribution in [-0.4, -0.2) is 27.4 Å². The molecular formula is C20H24N2O3S. The van der Waals surface area contributed by atoms with Crippen LogP contribution in [0.25, 0.3) is 0 Å². The zero-order valence-electron chi connectivity index (χ0n) is 14.9. The van der Waals surface area contributed by atoms with Crippen LogP contribution in [0.5, 0.6) is 0 Å². The highest BCUT2D eigenvalue weighted by Gasteiger charge is 2.18. The van der Waals surface area contributed by atoms with Crippen LogP contribution < -0.4 is 9.62 Å². The van der Waals surface area contributed by atoms with E-state index in [0.717, 1.165) is 36.9 Å². The molecule has 3 rings (SSSR count). The van der Waals surface area contributed by atoms with Gasteiger partial charge in [-0.15, -0.1) is 0 Å². The van der Waals surface area contributed by atoms with Crippen molar-refractivity contribution in [3.63, 3.8) is 0 Å². The predicted octanol–water partition coefficient (Wildman–Crippen LogP) is 2.90. The van der Waals surface area contributed by atoms with E-state index in [9.17, 15) is 13.2 Å². The summed E-state index contributed by atoms with van der Waals surface area (Å²) < 4.78 is 27.8. The van der Waals surface area contributed by atoms with E-state index < -0.39 is 10.0 Å². The summed E-state index contributed by atoms with van der Waals surface area (Å²) in [6.07, 6.45) is 4.23. The summed E-state index contributed by atoms with van der Waals surface area (Å²) in [5, 5.41) is 0. The number of rotatable bonds is 6. The Morgan fingerprint density at radius 3 is 2.42 bits per heavy atom. The van der Waals surface area contributed by atoms with Crippen molar-refractivity contribution in [2.45, 2.75) is 37.5 Å². The first-order chi connectivity index (χ1) is 12.5. The molecule has 2 aromatic carbocycles. The molecule has 2 aromatic rings. The number of hydrogen-bond acceptors (Lipinski definition) is 3. The Bertz CT molecular complexity index is 879. The van der Waals surface area contributed by atoms with Crippen LogP contribution in [0, 0.1) is 0 Å². The first kappa shape index (κ1) is 18.6. The van der Waals surface area contributed by atoms with Gasteiger partial charge >= 0.3 is 0 Å². The molecule has 5 nitrogen and oxygen atoms in total. The summed E-state index contributed by atoms with van der Waals surface area (Å²) in [6, 6.07) is 14.6. The first-order valence-corrected chi connectivity index (χ1v) is 10.4. The SMILES string of the molecule is CC(=O)N(CCNS(=O)(=O)c1ccc2c(c1)CCCC2)c1ccccc1. The molecule has 1 aliphatic rings. The fraction of sp³-hybridized carbons (Fsp3) is 0.350. The normalized spacial score (nSPS) is 13.9. The molecule has 0 fully saturated rings. The third kappa shape index (κ3) is 4.31. The van der Waals surface area contributed by atoms with Gasteiger partial charge in [-0.1, -0.05) is 24.3 Å². The highest BCUT2D eigenvalue weighted by atomic mass is 32.2. The Morgan fingerprint density at radius 1 is 1.04 bits per heavy atom. The lowest BCUT2D eigenvalue weighted by molar-refractivity contribution is -0.116. The minimum absolute atomic E-state index is 0.121. The van der Waals surface area contributed by atoms with Crippen molar-refractivity contribution < 1.29 is 13.2 Å². The van der Waals surface area contributed by atoms with Crippen LogP contribution in [0.4, 0.5) is 5.69 Å². The van der Waals surface area contributed by atoms with E-state index in [1.54, 1.807) is 17.0 Å². The number of benzene rings is 2. The summed E-state index contributed by atoms with van der Waals surface area (Å²) >= 11 is 0. The molecule has 0 atom stereocenters. The predicted molar refractivity (Wildman–Crippen MR) is 103 cm³/mol. The maximum atomic E-state index is 12.6. The number of anilines is 1. The zero-order chi connectivity index (χ0) is 18.6. The smallest absolute Gasteiger partial charge is 0.240 e. The highest BCUT2D eigenvalue weighted by Crippen LogP contribution is 2.24. The third-order valence-corrected chi connectivity index (χ3v) is 6.16. The number of carbonyl (C=O) groups excluding carboxylic acids is 1. The summed E-state index contributed by atoms with van der Waals surface area (Å²) in [7, 11) is -3.59. The lowest BCUT2D eigenvalue weighted by Crippen LogP contribution is -2.37. The van der Waals surface area contributed by atoms with Crippen LogP contribution >= 0.6 is 0 Å². The van der Waals surface area contributed by atoms with E-state index in [0.29, 0.717) is 4.90 Å². The van der Waals surface area contributed by atoms with E-state index in [1.165, 1.54) is 12.5 Å². The molecule has 0 aliphatic heterocycles. The minimum atomic E-state index is -3.59. The number of hydrogen-bond donors (Lipinski definition) is 1. The number of nitrogens with zero attached hydrogens (tertiary/aromatic N) is 1. The van der Waals surface area contributed by atoms with Gasteiger partial charge in [0.05, 0.1) is 4.90 Å². The Hall–Kier alpha value is -2.18. The van der Waals surface area contributed by atoms with Crippen LogP contribution in [0.2, 0.25) is 0 Å². The molecule has 0 saturated heterocycles. The number of sulfonamides is 1. The van der Waals surface area contributed by atoms with Crippen molar-refractivity contribution >= 4 is 21.6 Å². The maximum Gasteiger partial charge on any atom is 0.240 e. The second-order valence-corrected chi connectivity index (χ2v) is 8.31. The molecule has 1 aliphatic carbocycles. The van der Waals surface area contributed by atoms with Crippen molar-refractivity contribution in [3.8, 4) is 0 Å². The number of amides is 1. The van der Waals surface area contributed by atoms with E-state index in [4.69, 9.17) is 0 Å². The number of fused-ring (bicyclic) bond motifs is 1. The second-order valence-electron chi connectivity index (χ2n) is 6.54. The fourth-order valence-corrected chi connectivity index (χ4v) is 4.40. The van der Waals surface area contributed by atoms with Gasteiger partial charge in [0.25, 0.3) is 0 Å². The molecule has 0 bridgehead atoms. The Labute approximate surface area is 155 Å². The molecule has 0 aromatic heterocycles. The molecule has 0 unspecified atom stereocenters. The van der Waals surface area contributed by atoms with Crippen molar-refractivity contribution in [3.05, 3.63) is 59.7 Å². The van der Waals surface area contributed by atoms with Crippen LogP contribution in [0.15, 0.2) is 53.4 Å². The van der Waals surface area contributed by atoms with Gasteiger partial charge in [0.1, 0.15) is 0 Å². The molecule has 1 amide bonds. The Kier molecular flexibility index (Phi) is 5.74. The summed E-state index contributed by atoms with van der Waals surface area (Å²) in [6.45, 7) is 1.92. The summed E-state index contributed by atoms with van der Waals surface area (Å²) in [4.78, 5) is 13.7. The third-order valence-electron chi connectivity index (χ3n) is 4.71. The zero-order valence-corrected chi connectivity index (χ0v) is 15.8. The largest absolute Gasteiger partial charge is 0.311 e. The van der Waals surface area contributed by atoms with Crippen molar-refractivity contribution in [2.75, 3.05) is 18.0 Å². The highest BCUT2D eigenvalue weighted by molar-refractivity contribution is 7.89. The molecule has 138 valence electrons. The molecule has 0 spiro atoms. The molecule has 26 heavy (non-hydrogen) atoms. The first-order valence-electron chi connectivity index (χ1n) is 8.92. The molecule has 6 heteroatoms. The van der Waals surface area contributed by atoms with E-state index in [2.05, 4.69) is 4.72 Å². The van der Waals surface area contributed by atoms with E-state index >= 15 is 0 Å². The quantitative estimate of drug-likeness (QED) is 0.848. The lowest BCUT2D eigenvalue weighted by Gasteiger charge is -2.21. The number of carbonyl (C=O) groups is 1. The number of nitrogens with one attached hydrogen (secondary N) is 1. The van der Waals surface area contributed by atoms with E-state index in [1.807, 2.05) is 36.4 Å². The lowest BCUT2D eigenvalue weighted by atomic mass is 9.92. The van der Waals surface area contributed by atoms with Crippen molar-refractivity contribution in [2.24, 2.45) is 0 Å². The summed E-state index contributed by atoms with van der Waals surface area (Å²) in [5.74, 6) is -0.121. The molecule has 0 heterocycles. The number of aryl methyl sites for hydroxylation is 2. The van der Waals surface area contributed by atoms with Gasteiger partial charge in [0.2, 0.25) is 15.9 Å². The average molecular weight is 372 g/mol. The minimum Gasteiger partial charge on any atom is -0.311 e. The fourth-order valence-electron chi connectivity index (χ4n) is 3.33. The van der Waals surface area contributed by atoms with Crippen molar-refractivity contribution in [1.82, 2.24) is 4.72 Å². The van der Waals surface area contributed by atoms with Gasteiger partial charge in [-0.25, -0.2) is 13.1 Å². The molecule has 0 radical (unpaired) electrons. The standard InChI is InChI=1S/C20H24N2O3S/c1-16(23)22(19-9-3-2-4-10-19)14-13-21-26(24,25)20-12-11-17-7-5-6-8-18(17)15-20/h2-4,9-12,15,21H,5-8,13-14H2,1H3. The Morgan fingerprint density at radius 2 is 1.73 bits per heavy atom. The Balaban J connectivity index is 1.67. The molecule has 1 N–H and O–H groups in total. The van der Waals surface area contributed by atoms with Gasteiger partial charge < -0.3 is 4.90 Å². The molecule has 0 saturated carbocycles. The van der Waals surface area contributed by atoms with Crippen LogP contribution in [-0.2, 0) is 27.7 Å². The van der Waals surface area contributed by atoms with Gasteiger partial charge in [-0.3, -0.25) is 4.79 Å². The number of para-hydroxylation sites is 1. The summed E-state index contributed by atoms with van der Waals surface area (Å²) in [5.41, 5.74) is 3.14. The van der Waals surface area contributed by atoms with Gasteiger partial charge in [0.15, 0.2) is 0 Å². The molecular weight excluding hydrogens is 348 g/mol. The van der Waals surface area contributed by atoms with Gasteiger partial charge in [-0.2, -0.15) is 0 Å². The van der Waals surface area contributed by atoms with Crippen molar-refractivity contribution in [1.29, 1.82) is 0 Å². The monoisotopic (exact) mass is 372 g/mol. The van der Waals surface area contributed by atoms with E-state index in [-0.39, 0.29) is 19.0 Å². The second kappa shape index (κ2) is 8.01. The maximum absolute atomic E-state index is 12.6. The topological polar surface area (TPSA) is 66.5 Å². The average Bonchev–Trinajstić information content (AvgIpc) is 2.65. The van der Waals surface area contributed by atoms with Gasteiger partial charge in [-0.05, 0) is 61.1 Å².